The van der Waals surface area contributed by atoms with Crippen LogP contribution in [0.2, 0.25) is 0 Å². The molecule has 9 aromatic carbocycles. The van der Waals surface area contributed by atoms with Gasteiger partial charge in [0.25, 0.3) is 6.71 Å². The normalized spacial score (nSPS) is 21.8. The first kappa shape index (κ1) is 51.3. The molecule has 3 aliphatic carbocycles. The van der Waals surface area contributed by atoms with Gasteiger partial charge in [0.05, 0.1) is 5.54 Å². The van der Waals surface area contributed by atoms with Crippen LogP contribution in [-0.2, 0) is 27.1 Å². The molecule has 2 unspecified atom stereocenters. The second kappa shape index (κ2) is 18.0. The average Bonchev–Trinajstić information content (AvgIpc) is 3.21. The van der Waals surface area contributed by atoms with Gasteiger partial charge in [0, 0.05) is 50.9 Å². The highest BCUT2D eigenvalue weighted by Gasteiger charge is 2.58. The molecule has 0 N–H and O–H groups in total. The predicted molar refractivity (Wildman–Crippen MR) is 350 cm³/mol. The van der Waals surface area contributed by atoms with Gasteiger partial charge in [0.1, 0.15) is 0 Å². The fourth-order valence-electron chi connectivity index (χ4n) is 16.7. The van der Waals surface area contributed by atoms with Crippen LogP contribution in [0.4, 0.5) is 45.5 Å². The van der Waals surface area contributed by atoms with Crippen LogP contribution >= 0.6 is 0 Å². The van der Waals surface area contributed by atoms with Crippen molar-refractivity contribution in [2.45, 2.75) is 153 Å². The third-order valence-corrected chi connectivity index (χ3v) is 21.9. The van der Waals surface area contributed by atoms with Gasteiger partial charge in [-0.25, -0.2) is 0 Å². The van der Waals surface area contributed by atoms with Gasteiger partial charge in [-0.2, -0.15) is 0 Å². The van der Waals surface area contributed by atoms with Gasteiger partial charge in [0.2, 0.25) is 0 Å². The third-order valence-electron chi connectivity index (χ3n) is 21.9. The minimum absolute atomic E-state index is 0.00816. The van der Waals surface area contributed by atoms with E-state index in [0.29, 0.717) is 0 Å². The van der Waals surface area contributed by atoms with Crippen molar-refractivity contribution in [1.82, 2.24) is 0 Å². The highest BCUT2D eigenvalue weighted by Crippen LogP contribution is 2.63. The van der Waals surface area contributed by atoms with Crippen LogP contribution in [-0.4, -0.2) is 12.3 Å². The molecular weight excluding hydrogens is 990 g/mol. The van der Waals surface area contributed by atoms with Gasteiger partial charge in [-0.15, -0.1) is 0 Å². The van der Waals surface area contributed by atoms with Crippen LogP contribution in [0.3, 0.4) is 0 Å². The predicted octanol–water partition coefficient (Wildman–Crippen LogP) is 19.2. The Morgan fingerprint density at radius 2 is 0.793 bits per heavy atom. The number of benzene rings is 9. The Bertz CT molecular complexity index is 4060. The van der Waals surface area contributed by atoms with Crippen molar-refractivity contribution < 1.29 is 0 Å². The summed E-state index contributed by atoms with van der Waals surface area (Å²) in [4.78, 5) is 8.29. The summed E-state index contributed by atoms with van der Waals surface area (Å²) in [6, 6.07) is 75.7. The Kier molecular flexibility index (Phi) is 11.3. The lowest BCUT2D eigenvalue weighted by atomic mass is 9.33. The molecule has 15 rings (SSSR count). The Morgan fingerprint density at radius 3 is 1.40 bits per heavy atom. The zero-order valence-corrected chi connectivity index (χ0v) is 50.1. The van der Waals surface area contributed by atoms with Gasteiger partial charge in [-0.3, -0.25) is 0 Å². The standard InChI is InChI=1S/C78H78BN3/c1-73(2)39-40-74(3,4)61-46-58(33-34-60(61)73)81-69-50-63-62(75(5,6)41-42-76(63,7)8)49-66(69)79-65-35-31-56(53-27-18-13-19-28-53)45-68(65)80(57-30-22-29-54(43-57)51-23-14-11-15-24-51)70-47-59(48-71(81)72(70)79)82-67-36-32-55(52-25-16-12-17-26-52)44-64(67)77(9)37-20-21-38-78(77,82)10/h11-19,22-36,43-50H,20-21,37-42H2,1-10H3. The molecular formula is C78H78BN3. The first-order chi connectivity index (χ1) is 39.4. The summed E-state index contributed by atoms with van der Waals surface area (Å²) in [6.07, 6.45) is 9.35. The number of hydrogen-bond donors (Lipinski definition) is 0. The Labute approximate surface area is 489 Å². The minimum Gasteiger partial charge on any atom is -0.334 e. The largest absolute Gasteiger partial charge is 0.334 e. The summed E-state index contributed by atoms with van der Waals surface area (Å²) in [5, 5.41) is 0. The van der Waals surface area contributed by atoms with E-state index in [9.17, 15) is 0 Å². The second-order valence-electron chi connectivity index (χ2n) is 28.5. The van der Waals surface area contributed by atoms with Gasteiger partial charge in [-0.05, 0) is 205 Å². The molecule has 4 heteroatoms. The second-order valence-corrected chi connectivity index (χ2v) is 28.5. The van der Waals surface area contributed by atoms with E-state index in [1.807, 2.05) is 0 Å². The van der Waals surface area contributed by atoms with Crippen LogP contribution in [0.5, 0.6) is 0 Å². The lowest BCUT2D eigenvalue weighted by Gasteiger charge is -2.51. The summed E-state index contributed by atoms with van der Waals surface area (Å²) in [5.74, 6) is 0. The SMILES string of the molecule is CC1(C)CCC(C)(C)c2cc(N3c4cc5c(cc4B4c6ccc(-c7ccccc7)cc6N(c6cccc(-c7ccccc7)c6)c6cc(N7c8ccc(-c9ccccc9)cc8C8(C)CCCCC78C)cc3c64)C(C)(C)CCC5(C)C)ccc21. The maximum atomic E-state index is 2.85. The number of hydrogen-bond acceptors (Lipinski definition) is 3. The zero-order chi connectivity index (χ0) is 56.3. The van der Waals surface area contributed by atoms with E-state index >= 15 is 0 Å². The van der Waals surface area contributed by atoms with Crippen molar-refractivity contribution in [3.8, 4) is 33.4 Å². The summed E-state index contributed by atoms with van der Waals surface area (Å²) < 4.78 is 0. The molecule has 0 spiro atoms. The molecule has 408 valence electrons. The van der Waals surface area contributed by atoms with Crippen LogP contribution in [0.1, 0.15) is 148 Å². The average molecular weight is 1070 g/mol. The van der Waals surface area contributed by atoms with E-state index in [1.54, 1.807) is 0 Å². The summed E-state index contributed by atoms with van der Waals surface area (Å²) in [6.45, 7) is 25.1. The van der Waals surface area contributed by atoms with Crippen LogP contribution in [0.15, 0.2) is 194 Å². The number of fused-ring (bicyclic) bond motifs is 9. The van der Waals surface area contributed by atoms with Crippen LogP contribution < -0.4 is 31.1 Å². The highest BCUT2D eigenvalue weighted by atomic mass is 15.3. The first-order valence-corrected chi connectivity index (χ1v) is 30.8. The highest BCUT2D eigenvalue weighted by molar-refractivity contribution is 7.00. The Morgan fingerprint density at radius 1 is 0.305 bits per heavy atom. The first-order valence-electron chi connectivity index (χ1n) is 30.8. The number of anilines is 8. The lowest BCUT2D eigenvalue weighted by molar-refractivity contribution is 0.195. The third kappa shape index (κ3) is 7.54. The Balaban J connectivity index is 1.08. The zero-order valence-electron chi connectivity index (χ0n) is 50.1. The maximum absolute atomic E-state index is 2.85. The summed E-state index contributed by atoms with van der Waals surface area (Å²) in [7, 11) is 0. The van der Waals surface area contributed by atoms with Gasteiger partial charge < -0.3 is 14.7 Å². The molecule has 0 radical (unpaired) electrons. The van der Waals surface area contributed by atoms with Gasteiger partial charge in [0.15, 0.2) is 0 Å². The Hall–Kier alpha value is -7.56. The van der Waals surface area contributed by atoms with E-state index in [4.69, 9.17) is 0 Å². The molecule has 82 heavy (non-hydrogen) atoms. The monoisotopic (exact) mass is 1070 g/mol. The topological polar surface area (TPSA) is 9.72 Å². The minimum atomic E-state index is -0.193. The molecule has 1 saturated carbocycles. The maximum Gasteiger partial charge on any atom is 0.252 e. The summed E-state index contributed by atoms with van der Waals surface area (Å²) >= 11 is 0. The number of rotatable bonds is 6. The fourth-order valence-corrected chi connectivity index (χ4v) is 16.7. The molecule has 0 aromatic heterocycles. The van der Waals surface area contributed by atoms with E-state index < -0.39 is 0 Å². The molecule has 0 bridgehead atoms. The van der Waals surface area contributed by atoms with Crippen molar-refractivity contribution in [2.24, 2.45) is 0 Å². The molecule has 3 nitrogen and oxygen atoms in total. The molecule has 2 atom stereocenters. The number of nitrogens with zero attached hydrogens (tertiary/aromatic N) is 3. The smallest absolute Gasteiger partial charge is 0.252 e. The van der Waals surface area contributed by atoms with Gasteiger partial charge >= 0.3 is 0 Å². The van der Waals surface area contributed by atoms with Crippen molar-refractivity contribution >= 4 is 68.6 Å². The molecule has 9 aromatic rings. The van der Waals surface area contributed by atoms with Crippen molar-refractivity contribution in [3.05, 3.63) is 222 Å². The van der Waals surface area contributed by atoms with Crippen molar-refractivity contribution in [3.63, 3.8) is 0 Å². The van der Waals surface area contributed by atoms with E-state index in [0.717, 1.165) is 37.8 Å². The molecule has 3 heterocycles. The quantitative estimate of drug-likeness (QED) is 0.154. The lowest BCUT2D eigenvalue weighted by Crippen LogP contribution is -2.62. The van der Waals surface area contributed by atoms with Crippen molar-refractivity contribution in [2.75, 3.05) is 14.7 Å². The van der Waals surface area contributed by atoms with Gasteiger partial charge in [-0.1, -0.05) is 209 Å². The fraction of sp³-hybridized carbons (Fsp3) is 0.308. The summed E-state index contributed by atoms with van der Waals surface area (Å²) in [5.41, 5.74) is 29.0. The van der Waals surface area contributed by atoms with E-state index in [2.05, 4.69) is 278 Å². The molecule has 6 aliphatic rings. The molecule has 3 aliphatic heterocycles. The van der Waals surface area contributed by atoms with E-state index in [-0.39, 0.29) is 39.3 Å². The van der Waals surface area contributed by atoms with Crippen molar-refractivity contribution in [1.29, 1.82) is 0 Å². The molecule has 1 fully saturated rings. The molecule has 0 saturated heterocycles. The van der Waals surface area contributed by atoms with Crippen LogP contribution in [0.25, 0.3) is 33.4 Å². The van der Waals surface area contributed by atoms with E-state index in [1.165, 1.54) is 137 Å². The van der Waals surface area contributed by atoms with Crippen LogP contribution in [0, 0.1) is 0 Å². The molecule has 0 amide bonds.